The summed E-state index contributed by atoms with van der Waals surface area (Å²) in [7, 11) is 0. The molecule has 3 aromatic rings. The van der Waals surface area contributed by atoms with Gasteiger partial charge in [0.1, 0.15) is 11.6 Å². The summed E-state index contributed by atoms with van der Waals surface area (Å²) in [6.45, 7) is 7.36. The molecule has 3 rings (SSSR count). The molecule has 1 amide bonds. The summed E-state index contributed by atoms with van der Waals surface area (Å²) in [5.74, 6) is -0.365. The van der Waals surface area contributed by atoms with E-state index in [2.05, 4.69) is 21.5 Å². The van der Waals surface area contributed by atoms with Crippen molar-refractivity contribution in [3.05, 3.63) is 64.1 Å². The quantitative estimate of drug-likeness (QED) is 0.600. The van der Waals surface area contributed by atoms with Gasteiger partial charge < -0.3 is 5.32 Å². The van der Waals surface area contributed by atoms with Gasteiger partial charge >= 0.3 is 6.18 Å². The van der Waals surface area contributed by atoms with Crippen LogP contribution >= 0.6 is 0 Å². The fourth-order valence-corrected chi connectivity index (χ4v) is 3.78. The first-order valence-electron chi connectivity index (χ1n) is 10.2. The van der Waals surface area contributed by atoms with Crippen LogP contribution in [0, 0.1) is 31.1 Å². The van der Waals surface area contributed by atoms with Crippen molar-refractivity contribution in [1.82, 2.24) is 19.9 Å². The van der Waals surface area contributed by atoms with E-state index in [4.69, 9.17) is 0 Å². The Hall–Kier alpha value is -3.41. The monoisotopic (exact) mass is 443 g/mol. The normalized spacial score (nSPS) is 12.7. The number of carbonyl (C=O) groups excluding carboxylic acids is 1. The molecule has 6 nitrogen and oxygen atoms in total. The summed E-state index contributed by atoms with van der Waals surface area (Å²) in [5.41, 5.74) is 2.87. The third-order valence-corrected chi connectivity index (χ3v) is 5.49. The Bertz CT molecular complexity index is 1190. The van der Waals surface area contributed by atoms with Gasteiger partial charge in [-0.1, -0.05) is 26.0 Å². The molecule has 0 aliphatic rings. The largest absolute Gasteiger partial charge is 0.416 e. The van der Waals surface area contributed by atoms with E-state index in [1.807, 2.05) is 27.7 Å². The van der Waals surface area contributed by atoms with Crippen molar-refractivity contribution >= 4 is 11.6 Å². The smallest absolute Gasteiger partial charge is 0.349 e. The molecule has 0 radical (unpaired) electrons. The summed E-state index contributed by atoms with van der Waals surface area (Å²) in [6, 6.07) is 6.56. The van der Waals surface area contributed by atoms with Gasteiger partial charge in [0.2, 0.25) is 5.91 Å². The molecule has 1 aromatic carbocycles. The predicted molar refractivity (Wildman–Crippen MR) is 113 cm³/mol. The average molecular weight is 443 g/mol. The fraction of sp³-hybridized carbons (Fsp3) is 0.391. The van der Waals surface area contributed by atoms with Crippen LogP contribution in [-0.4, -0.2) is 20.5 Å². The molecular formula is C23H24F3N5O. The van der Waals surface area contributed by atoms with Gasteiger partial charge in [0.15, 0.2) is 5.65 Å². The SMILES string of the molecule is Cc1nc2c(C#N)cnn2c(C)c1CCC(=O)NC(c1cccc(C(F)(F)F)c1)C(C)C. The van der Waals surface area contributed by atoms with Crippen LogP contribution in [0.2, 0.25) is 0 Å². The molecule has 0 fully saturated rings. The van der Waals surface area contributed by atoms with Gasteiger partial charge in [-0.25, -0.2) is 9.50 Å². The standard InChI is InChI=1S/C23H24F3N5O/c1-13(2)21(16-6-5-7-18(10-16)23(24,25)26)30-20(32)9-8-19-14(3)29-22-17(11-27)12-28-31(22)15(19)4/h5-7,10,12-13,21H,8-9H2,1-4H3,(H,30,32). The van der Waals surface area contributed by atoms with E-state index in [1.165, 1.54) is 12.3 Å². The Balaban J connectivity index is 1.77. The summed E-state index contributed by atoms with van der Waals surface area (Å²) >= 11 is 0. The van der Waals surface area contributed by atoms with Crippen LogP contribution in [-0.2, 0) is 17.4 Å². The van der Waals surface area contributed by atoms with Gasteiger partial charge in [-0.05, 0) is 49.4 Å². The number of amides is 1. The van der Waals surface area contributed by atoms with Crippen molar-refractivity contribution in [3.63, 3.8) is 0 Å². The fourth-order valence-electron chi connectivity index (χ4n) is 3.78. The van der Waals surface area contributed by atoms with E-state index < -0.39 is 17.8 Å². The van der Waals surface area contributed by atoms with E-state index in [-0.39, 0.29) is 18.2 Å². The number of benzene rings is 1. The Labute approximate surface area is 184 Å². The van der Waals surface area contributed by atoms with Crippen LogP contribution in [0.4, 0.5) is 13.2 Å². The molecule has 168 valence electrons. The van der Waals surface area contributed by atoms with E-state index >= 15 is 0 Å². The molecule has 9 heteroatoms. The van der Waals surface area contributed by atoms with Crippen molar-refractivity contribution in [2.75, 3.05) is 0 Å². The summed E-state index contributed by atoms with van der Waals surface area (Å²) < 4.78 is 40.9. The number of rotatable bonds is 6. The van der Waals surface area contributed by atoms with Gasteiger partial charge in [-0.2, -0.15) is 23.5 Å². The van der Waals surface area contributed by atoms with Gasteiger partial charge in [-0.15, -0.1) is 0 Å². The van der Waals surface area contributed by atoms with Crippen LogP contribution in [0.3, 0.4) is 0 Å². The molecule has 1 unspecified atom stereocenters. The first-order valence-corrected chi connectivity index (χ1v) is 10.2. The van der Waals surface area contributed by atoms with Gasteiger partial charge in [0.05, 0.1) is 17.8 Å². The number of hydrogen-bond donors (Lipinski definition) is 1. The number of carbonyl (C=O) groups is 1. The molecule has 0 spiro atoms. The second-order valence-electron chi connectivity index (χ2n) is 8.08. The lowest BCUT2D eigenvalue weighted by Crippen LogP contribution is -2.32. The molecule has 0 saturated carbocycles. The maximum absolute atomic E-state index is 13.1. The van der Waals surface area contributed by atoms with E-state index in [0.29, 0.717) is 28.9 Å². The molecule has 0 aliphatic carbocycles. The lowest BCUT2D eigenvalue weighted by atomic mass is 9.94. The number of hydrogen-bond acceptors (Lipinski definition) is 4. The molecule has 2 heterocycles. The molecule has 0 saturated heterocycles. The summed E-state index contributed by atoms with van der Waals surface area (Å²) in [5, 5.41) is 16.3. The second-order valence-corrected chi connectivity index (χ2v) is 8.08. The van der Waals surface area contributed by atoms with E-state index in [0.717, 1.165) is 23.4 Å². The molecule has 0 bridgehead atoms. The van der Waals surface area contributed by atoms with Crippen molar-refractivity contribution in [2.45, 2.75) is 52.8 Å². The van der Waals surface area contributed by atoms with Gasteiger partial charge in [0.25, 0.3) is 0 Å². The lowest BCUT2D eigenvalue weighted by molar-refractivity contribution is -0.137. The molecular weight excluding hydrogens is 419 g/mol. The first-order chi connectivity index (χ1) is 15.0. The lowest BCUT2D eigenvalue weighted by Gasteiger charge is -2.24. The summed E-state index contributed by atoms with van der Waals surface area (Å²) in [4.78, 5) is 17.2. The van der Waals surface area contributed by atoms with Gasteiger partial charge in [-0.3, -0.25) is 4.79 Å². The third kappa shape index (κ3) is 4.74. The van der Waals surface area contributed by atoms with Crippen LogP contribution in [0.5, 0.6) is 0 Å². The van der Waals surface area contributed by atoms with Crippen molar-refractivity contribution in [2.24, 2.45) is 5.92 Å². The maximum Gasteiger partial charge on any atom is 0.416 e. The number of nitrogens with zero attached hydrogens (tertiary/aromatic N) is 4. The Kier molecular flexibility index (Phi) is 6.53. The van der Waals surface area contributed by atoms with Gasteiger partial charge in [0, 0.05) is 17.8 Å². The Morgan fingerprint density at radius 1 is 1.28 bits per heavy atom. The minimum atomic E-state index is -4.44. The number of alkyl halides is 3. The molecule has 0 aliphatic heterocycles. The Morgan fingerprint density at radius 3 is 2.62 bits per heavy atom. The number of halogens is 3. The maximum atomic E-state index is 13.1. The first kappa shape index (κ1) is 23.3. The van der Waals surface area contributed by atoms with Crippen molar-refractivity contribution in [3.8, 4) is 6.07 Å². The highest BCUT2D eigenvalue weighted by atomic mass is 19.4. The van der Waals surface area contributed by atoms with E-state index in [9.17, 15) is 23.2 Å². The number of nitrogens with one attached hydrogen (secondary N) is 1. The van der Waals surface area contributed by atoms with Crippen LogP contribution in [0.25, 0.3) is 5.65 Å². The molecule has 2 aromatic heterocycles. The third-order valence-electron chi connectivity index (χ3n) is 5.49. The summed E-state index contributed by atoms with van der Waals surface area (Å²) in [6.07, 6.45) is -2.46. The predicted octanol–water partition coefficient (Wildman–Crippen LogP) is 4.68. The highest BCUT2D eigenvalue weighted by Gasteiger charge is 2.31. The Morgan fingerprint density at radius 2 is 2.00 bits per heavy atom. The number of nitriles is 1. The molecule has 1 atom stereocenters. The number of aromatic nitrogens is 3. The number of fused-ring (bicyclic) bond motifs is 1. The zero-order chi connectivity index (χ0) is 23.6. The molecule has 32 heavy (non-hydrogen) atoms. The highest BCUT2D eigenvalue weighted by molar-refractivity contribution is 5.77. The molecule has 1 N–H and O–H groups in total. The average Bonchev–Trinajstić information content (AvgIpc) is 3.14. The zero-order valence-corrected chi connectivity index (χ0v) is 18.3. The zero-order valence-electron chi connectivity index (χ0n) is 18.3. The van der Waals surface area contributed by atoms with Crippen molar-refractivity contribution < 1.29 is 18.0 Å². The van der Waals surface area contributed by atoms with Crippen molar-refractivity contribution in [1.29, 1.82) is 5.26 Å². The second kappa shape index (κ2) is 8.99. The number of aryl methyl sites for hydroxylation is 2. The van der Waals surface area contributed by atoms with Crippen LogP contribution < -0.4 is 5.32 Å². The van der Waals surface area contributed by atoms with E-state index in [1.54, 1.807) is 10.6 Å². The minimum absolute atomic E-state index is 0.0996. The highest BCUT2D eigenvalue weighted by Crippen LogP contribution is 2.32. The topological polar surface area (TPSA) is 83.1 Å². The van der Waals surface area contributed by atoms with Crippen LogP contribution in [0.15, 0.2) is 30.5 Å². The van der Waals surface area contributed by atoms with Crippen LogP contribution in [0.1, 0.15) is 60.0 Å². The minimum Gasteiger partial charge on any atom is -0.349 e.